The minimum Gasteiger partial charge on any atom is -0.506 e. The first-order valence-electron chi connectivity index (χ1n) is 7.74. The number of nitrogens with zero attached hydrogens (tertiary/aromatic N) is 4. The molecule has 1 N–H and O–H groups in total. The molecule has 0 amide bonds. The van der Waals surface area contributed by atoms with Crippen LogP contribution in [0.1, 0.15) is 17.0 Å². The van der Waals surface area contributed by atoms with Crippen LogP contribution in [0.5, 0.6) is 5.75 Å². The highest BCUT2D eigenvalue weighted by atomic mass is 16.5. The predicted octanol–water partition coefficient (Wildman–Crippen LogP) is 3.79. The number of rotatable bonds is 4. The molecule has 0 aliphatic carbocycles. The summed E-state index contributed by atoms with van der Waals surface area (Å²) < 4.78 is 6.55. The number of azo groups is 1. The first-order valence-corrected chi connectivity index (χ1v) is 7.74. The largest absolute Gasteiger partial charge is 0.506 e. The third-order valence-corrected chi connectivity index (χ3v) is 3.81. The van der Waals surface area contributed by atoms with Gasteiger partial charge in [-0.15, -0.1) is 10.2 Å². The maximum atomic E-state index is 11.7. The Morgan fingerprint density at radius 3 is 2.80 bits per heavy atom. The predicted molar refractivity (Wildman–Crippen MR) is 92.7 cm³/mol. The van der Waals surface area contributed by atoms with E-state index in [2.05, 4.69) is 15.2 Å². The number of benzene rings is 1. The summed E-state index contributed by atoms with van der Waals surface area (Å²) in [7, 11) is 1.33. The van der Waals surface area contributed by atoms with E-state index < -0.39 is 5.97 Å². The second-order valence-corrected chi connectivity index (χ2v) is 5.69. The lowest BCUT2D eigenvalue weighted by atomic mass is 10.2. The second-order valence-electron chi connectivity index (χ2n) is 5.69. The highest BCUT2D eigenvalue weighted by Gasteiger charge is 2.17. The van der Waals surface area contributed by atoms with E-state index in [1.54, 1.807) is 18.2 Å². The lowest BCUT2D eigenvalue weighted by Gasteiger charge is -2.03. The number of phenolic OH excluding ortho intramolecular Hbond substituents is 1. The number of aromatic hydroxyl groups is 1. The third-order valence-electron chi connectivity index (χ3n) is 3.81. The molecular weight excluding hydrogens is 320 g/mol. The van der Waals surface area contributed by atoms with E-state index in [4.69, 9.17) is 4.74 Å². The number of aromatic nitrogens is 2. The van der Waals surface area contributed by atoms with E-state index in [9.17, 15) is 9.90 Å². The Morgan fingerprint density at radius 1 is 1.24 bits per heavy atom. The molecule has 0 aliphatic rings. The molecule has 1 aromatic carbocycles. The van der Waals surface area contributed by atoms with Gasteiger partial charge in [-0.25, -0.2) is 4.98 Å². The van der Waals surface area contributed by atoms with E-state index >= 15 is 0 Å². The van der Waals surface area contributed by atoms with E-state index in [1.165, 1.54) is 7.11 Å². The van der Waals surface area contributed by atoms with Gasteiger partial charge < -0.3 is 9.84 Å². The Labute approximate surface area is 144 Å². The Hall–Kier alpha value is -3.22. The van der Waals surface area contributed by atoms with Crippen molar-refractivity contribution < 1.29 is 14.6 Å². The number of aryl methyl sites for hydroxylation is 2. The zero-order valence-electron chi connectivity index (χ0n) is 14.2. The molecule has 0 bridgehead atoms. The van der Waals surface area contributed by atoms with Crippen molar-refractivity contribution in [1.29, 1.82) is 0 Å². The van der Waals surface area contributed by atoms with Gasteiger partial charge in [-0.2, -0.15) is 0 Å². The molecule has 2 heterocycles. The van der Waals surface area contributed by atoms with Gasteiger partial charge in [0, 0.05) is 5.69 Å². The van der Waals surface area contributed by atoms with Crippen LogP contribution in [0.25, 0.3) is 5.65 Å². The van der Waals surface area contributed by atoms with Gasteiger partial charge in [0.25, 0.3) is 0 Å². The van der Waals surface area contributed by atoms with Crippen molar-refractivity contribution in [3.8, 4) is 5.75 Å². The van der Waals surface area contributed by atoms with Gasteiger partial charge in [-0.1, -0.05) is 12.1 Å². The van der Waals surface area contributed by atoms with Crippen molar-refractivity contribution in [3.63, 3.8) is 0 Å². The van der Waals surface area contributed by atoms with Crippen molar-refractivity contribution in [2.45, 2.75) is 20.3 Å². The standard InChI is InChI=1S/C18H18N4O3/c1-11-7-8-15(23)13(9-11)20-21-18-14(10-17(24)25-3)19-16-6-4-5-12(2)22(16)18/h4-9,23H,10H2,1-3H3. The number of hydrogen-bond acceptors (Lipinski definition) is 6. The third kappa shape index (κ3) is 3.35. The van der Waals surface area contributed by atoms with E-state index in [0.717, 1.165) is 11.3 Å². The molecule has 0 spiro atoms. The van der Waals surface area contributed by atoms with Crippen LogP contribution >= 0.6 is 0 Å². The molecule has 0 unspecified atom stereocenters. The lowest BCUT2D eigenvalue weighted by Crippen LogP contribution is -2.04. The van der Waals surface area contributed by atoms with Crippen LogP contribution < -0.4 is 0 Å². The van der Waals surface area contributed by atoms with E-state index in [-0.39, 0.29) is 12.2 Å². The topological polar surface area (TPSA) is 88.5 Å². The van der Waals surface area contributed by atoms with E-state index in [0.29, 0.717) is 22.8 Å². The summed E-state index contributed by atoms with van der Waals surface area (Å²) in [5.74, 6) is 0.0738. The van der Waals surface area contributed by atoms with Gasteiger partial charge in [0.1, 0.15) is 17.1 Å². The normalized spacial score (nSPS) is 11.3. The fraction of sp³-hybridized carbons (Fsp3) is 0.222. The van der Waals surface area contributed by atoms with Crippen LogP contribution in [0.15, 0.2) is 46.6 Å². The molecule has 3 rings (SSSR count). The van der Waals surface area contributed by atoms with Gasteiger partial charge in [-0.05, 0) is 43.7 Å². The SMILES string of the molecule is COC(=O)Cc1nc2cccc(C)n2c1N=Nc1cc(C)ccc1O. The summed E-state index contributed by atoms with van der Waals surface area (Å²) in [5.41, 5.74) is 3.35. The summed E-state index contributed by atoms with van der Waals surface area (Å²) in [6.45, 7) is 3.82. The molecule has 0 radical (unpaired) electrons. The number of phenols is 1. The van der Waals surface area contributed by atoms with Crippen LogP contribution in [0.3, 0.4) is 0 Å². The maximum absolute atomic E-state index is 11.7. The minimum absolute atomic E-state index is 0.00816. The number of hydrogen-bond donors (Lipinski definition) is 1. The van der Waals surface area contributed by atoms with Crippen molar-refractivity contribution in [2.75, 3.05) is 7.11 Å². The van der Waals surface area contributed by atoms with Crippen LogP contribution in [0.4, 0.5) is 11.5 Å². The molecule has 0 aliphatic heterocycles. The molecule has 3 aromatic rings. The van der Waals surface area contributed by atoms with Crippen molar-refractivity contribution in [1.82, 2.24) is 9.38 Å². The average Bonchev–Trinajstić information content (AvgIpc) is 2.94. The Kier molecular flexibility index (Phi) is 4.47. The number of carbonyl (C=O) groups excluding carboxylic acids is 1. The summed E-state index contributed by atoms with van der Waals surface area (Å²) >= 11 is 0. The quantitative estimate of drug-likeness (QED) is 0.579. The van der Waals surface area contributed by atoms with Crippen molar-refractivity contribution >= 4 is 23.1 Å². The average molecular weight is 338 g/mol. The van der Waals surface area contributed by atoms with Gasteiger partial charge in [0.05, 0.1) is 19.2 Å². The number of ether oxygens (including phenoxy) is 1. The fourth-order valence-electron chi connectivity index (χ4n) is 2.53. The fourth-order valence-corrected chi connectivity index (χ4v) is 2.53. The number of esters is 1. The minimum atomic E-state index is -0.407. The van der Waals surface area contributed by atoms with Crippen LogP contribution in [-0.4, -0.2) is 27.6 Å². The zero-order chi connectivity index (χ0) is 18.0. The molecule has 0 atom stereocenters. The zero-order valence-corrected chi connectivity index (χ0v) is 14.2. The number of carbonyl (C=O) groups is 1. The summed E-state index contributed by atoms with van der Waals surface area (Å²) in [5, 5.41) is 18.4. The molecule has 0 saturated heterocycles. The van der Waals surface area contributed by atoms with Crippen LogP contribution in [-0.2, 0) is 16.0 Å². The Morgan fingerprint density at radius 2 is 2.04 bits per heavy atom. The highest BCUT2D eigenvalue weighted by molar-refractivity contribution is 5.74. The van der Waals surface area contributed by atoms with Crippen molar-refractivity contribution in [3.05, 3.63) is 53.3 Å². The van der Waals surface area contributed by atoms with Gasteiger partial charge in [-0.3, -0.25) is 9.20 Å². The molecule has 2 aromatic heterocycles. The molecule has 25 heavy (non-hydrogen) atoms. The number of imidazole rings is 1. The second kappa shape index (κ2) is 6.72. The first kappa shape index (κ1) is 16.6. The number of methoxy groups -OCH3 is 1. The summed E-state index contributed by atoms with van der Waals surface area (Å²) in [6, 6.07) is 10.7. The molecule has 7 nitrogen and oxygen atoms in total. The number of pyridine rings is 1. The first-order chi connectivity index (χ1) is 12.0. The Balaban J connectivity index is 2.12. The van der Waals surface area contributed by atoms with E-state index in [1.807, 2.05) is 36.4 Å². The molecule has 0 saturated carbocycles. The molecule has 128 valence electrons. The van der Waals surface area contributed by atoms with Crippen LogP contribution in [0.2, 0.25) is 0 Å². The maximum Gasteiger partial charge on any atom is 0.311 e. The van der Waals surface area contributed by atoms with Gasteiger partial charge in [0.15, 0.2) is 5.82 Å². The lowest BCUT2D eigenvalue weighted by molar-refractivity contribution is -0.139. The molecule has 0 fully saturated rings. The van der Waals surface area contributed by atoms with Gasteiger partial charge in [0.2, 0.25) is 0 Å². The van der Waals surface area contributed by atoms with Crippen molar-refractivity contribution in [2.24, 2.45) is 10.2 Å². The molecule has 7 heteroatoms. The highest BCUT2D eigenvalue weighted by Crippen LogP contribution is 2.31. The molecular formula is C18H18N4O3. The Bertz CT molecular complexity index is 976. The number of fused-ring (bicyclic) bond motifs is 1. The van der Waals surface area contributed by atoms with Crippen LogP contribution in [0, 0.1) is 13.8 Å². The monoisotopic (exact) mass is 338 g/mol. The summed E-state index contributed by atoms with van der Waals surface area (Å²) in [6.07, 6.45) is -0.00816. The summed E-state index contributed by atoms with van der Waals surface area (Å²) in [4.78, 5) is 16.1. The van der Waals surface area contributed by atoms with Gasteiger partial charge >= 0.3 is 5.97 Å². The smallest absolute Gasteiger partial charge is 0.311 e.